The van der Waals surface area contributed by atoms with Gasteiger partial charge >= 0.3 is 0 Å². The summed E-state index contributed by atoms with van der Waals surface area (Å²) in [4.78, 5) is 4.44. The third-order valence-electron chi connectivity index (χ3n) is 8.69. The van der Waals surface area contributed by atoms with E-state index in [0.29, 0.717) is 0 Å². The summed E-state index contributed by atoms with van der Waals surface area (Å²) in [6.07, 6.45) is 3.82. The molecule has 0 bridgehead atoms. The maximum Gasteiger partial charge on any atom is 0.135 e. The van der Waals surface area contributed by atoms with E-state index in [1.165, 1.54) is 44.1 Å². The van der Waals surface area contributed by atoms with Crippen molar-refractivity contribution in [2.24, 2.45) is 0 Å². The molecular weight excluding hydrogens is 536 g/mol. The van der Waals surface area contributed by atoms with Crippen molar-refractivity contribution < 1.29 is 4.42 Å². The molecule has 9 rings (SSSR count). The average Bonchev–Trinajstić information content (AvgIpc) is 3.64. The van der Waals surface area contributed by atoms with E-state index < -0.39 is 0 Å². The molecule has 0 radical (unpaired) electrons. The van der Waals surface area contributed by atoms with E-state index in [4.69, 9.17) is 4.42 Å². The van der Waals surface area contributed by atoms with Crippen LogP contribution in [0, 0.1) is 0 Å². The first-order valence-electron chi connectivity index (χ1n) is 14.9. The van der Waals surface area contributed by atoms with Crippen molar-refractivity contribution >= 4 is 43.7 Å². The van der Waals surface area contributed by atoms with Crippen LogP contribution in [0.5, 0.6) is 0 Å². The third-order valence-corrected chi connectivity index (χ3v) is 8.69. The van der Waals surface area contributed by atoms with Crippen molar-refractivity contribution in [3.63, 3.8) is 0 Å². The molecule has 0 aliphatic carbocycles. The number of pyridine rings is 1. The molecule has 0 fully saturated rings. The molecule has 9 aromatic rings. The van der Waals surface area contributed by atoms with Crippen LogP contribution in [0.25, 0.3) is 82.8 Å². The van der Waals surface area contributed by atoms with Gasteiger partial charge in [0.1, 0.15) is 11.2 Å². The number of hydrogen-bond donors (Lipinski definition) is 0. The molecule has 0 saturated heterocycles. The van der Waals surface area contributed by atoms with E-state index in [9.17, 15) is 0 Å². The van der Waals surface area contributed by atoms with Crippen molar-refractivity contribution in [2.45, 2.75) is 0 Å². The zero-order chi connectivity index (χ0) is 29.0. The lowest BCUT2D eigenvalue weighted by atomic mass is 9.93. The first-order chi connectivity index (χ1) is 21.8. The van der Waals surface area contributed by atoms with E-state index >= 15 is 0 Å². The largest absolute Gasteiger partial charge is 0.456 e. The van der Waals surface area contributed by atoms with Crippen LogP contribution in [0.15, 0.2) is 162 Å². The number of rotatable bonds is 4. The molecule has 3 nitrogen and oxygen atoms in total. The van der Waals surface area contributed by atoms with E-state index in [2.05, 4.69) is 143 Å². The summed E-state index contributed by atoms with van der Waals surface area (Å²) in [7, 11) is 0. The Hall–Kier alpha value is -5.93. The molecular formula is C41H26N2O. The molecule has 0 saturated carbocycles. The molecule has 0 atom stereocenters. The van der Waals surface area contributed by atoms with Gasteiger partial charge < -0.3 is 8.98 Å². The average molecular weight is 563 g/mol. The molecule has 3 heterocycles. The number of aromatic nitrogens is 2. The van der Waals surface area contributed by atoms with Gasteiger partial charge in [-0.05, 0) is 94.0 Å². The minimum Gasteiger partial charge on any atom is -0.456 e. The fourth-order valence-electron chi connectivity index (χ4n) is 6.56. The zero-order valence-electron chi connectivity index (χ0n) is 23.8. The number of fused-ring (bicyclic) bond motifs is 6. The summed E-state index contributed by atoms with van der Waals surface area (Å²) in [6.45, 7) is 0. The Labute approximate surface area is 254 Å². The molecule has 0 aliphatic heterocycles. The Bertz CT molecular complexity index is 2430. The van der Waals surface area contributed by atoms with Crippen LogP contribution in [0.1, 0.15) is 0 Å². The van der Waals surface area contributed by atoms with Gasteiger partial charge in [0.05, 0.1) is 17.2 Å². The number of hydrogen-bond acceptors (Lipinski definition) is 2. The molecule has 3 heteroatoms. The lowest BCUT2D eigenvalue weighted by Crippen LogP contribution is -1.94. The minimum absolute atomic E-state index is 0.908. The van der Waals surface area contributed by atoms with Crippen molar-refractivity contribution in [3.05, 3.63) is 158 Å². The van der Waals surface area contributed by atoms with Gasteiger partial charge in [-0.2, -0.15) is 0 Å². The molecule has 0 amide bonds. The molecule has 0 N–H and O–H groups in total. The predicted octanol–water partition coefficient (Wildman–Crippen LogP) is 11.1. The number of furan rings is 1. The fourth-order valence-corrected chi connectivity index (χ4v) is 6.56. The first-order valence-corrected chi connectivity index (χ1v) is 14.9. The lowest BCUT2D eigenvalue weighted by Gasteiger charge is -2.13. The summed E-state index contributed by atoms with van der Waals surface area (Å²) in [5.41, 5.74) is 12.3. The second kappa shape index (κ2) is 9.82. The molecule has 0 unspecified atom stereocenters. The number of para-hydroxylation sites is 2. The van der Waals surface area contributed by atoms with Crippen molar-refractivity contribution in [3.8, 4) is 39.1 Å². The van der Waals surface area contributed by atoms with Crippen LogP contribution < -0.4 is 0 Å². The minimum atomic E-state index is 0.908. The number of benzene rings is 6. The fraction of sp³-hybridized carbons (Fsp3) is 0. The Morgan fingerprint density at radius 2 is 1.02 bits per heavy atom. The normalized spacial score (nSPS) is 11.6. The maximum absolute atomic E-state index is 6.12. The molecule has 3 aromatic heterocycles. The van der Waals surface area contributed by atoms with Gasteiger partial charge in [-0.3, -0.25) is 4.98 Å². The van der Waals surface area contributed by atoms with Crippen LogP contribution >= 0.6 is 0 Å². The molecule has 206 valence electrons. The van der Waals surface area contributed by atoms with E-state index in [0.717, 1.165) is 38.7 Å². The molecule has 0 spiro atoms. The van der Waals surface area contributed by atoms with Gasteiger partial charge in [-0.25, -0.2) is 0 Å². The van der Waals surface area contributed by atoms with Crippen molar-refractivity contribution in [2.75, 3.05) is 0 Å². The lowest BCUT2D eigenvalue weighted by molar-refractivity contribution is 0.669. The summed E-state index contributed by atoms with van der Waals surface area (Å²) in [5.74, 6) is 0. The second-order valence-corrected chi connectivity index (χ2v) is 11.3. The van der Waals surface area contributed by atoms with Crippen molar-refractivity contribution in [1.29, 1.82) is 0 Å². The highest BCUT2D eigenvalue weighted by molar-refractivity contribution is 6.09. The maximum atomic E-state index is 6.12. The number of nitrogens with zero attached hydrogens (tertiary/aromatic N) is 2. The standard InChI is InChI=1S/C41H26N2O/c1-2-8-27(9-3-1)30-22-31(24-32(23-30)29-16-19-41-37(25-29)36-11-5-7-13-40(36)44-41)28-14-17-33(18-15-28)43-38-12-6-4-10-34(38)35-20-21-42-26-39(35)43/h1-26H. The van der Waals surface area contributed by atoms with Crippen LogP contribution in [-0.4, -0.2) is 9.55 Å². The molecule has 0 aliphatic rings. The van der Waals surface area contributed by atoms with E-state index in [1.54, 1.807) is 0 Å². The third kappa shape index (κ3) is 3.94. The van der Waals surface area contributed by atoms with Gasteiger partial charge in [-0.1, -0.05) is 84.9 Å². The van der Waals surface area contributed by atoms with Gasteiger partial charge in [0.2, 0.25) is 0 Å². The highest BCUT2D eigenvalue weighted by Gasteiger charge is 2.14. The second-order valence-electron chi connectivity index (χ2n) is 11.3. The van der Waals surface area contributed by atoms with E-state index in [1.807, 2.05) is 24.5 Å². The van der Waals surface area contributed by atoms with Gasteiger partial charge in [0, 0.05) is 33.4 Å². The quantitative estimate of drug-likeness (QED) is 0.214. The van der Waals surface area contributed by atoms with Crippen molar-refractivity contribution in [1.82, 2.24) is 9.55 Å². The monoisotopic (exact) mass is 562 g/mol. The molecule has 6 aromatic carbocycles. The summed E-state index contributed by atoms with van der Waals surface area (Å²) >= 11 is 0. The summed E-state index contributed by atoms with van der Waals surface area (Å²) < 4.78 is 8.42. The summed E-state index contributed by atoms with van der Waals surface area (Å²) in [5, 5.41) is 4.72. The van der Waals surface area contributed by atoms with Gasteiger partial charge in [-0.15, -0.1) is 0 Å². The predicted molar refractivity (Wildman–Crippen MR) is 182 cm³/mol. The Balaban J connectivity index is 1.19. The zero-order valence-corrected chi connectivity index (χ0v) is 23.8. The van der Waals surface area contributed by atoms with Crippen LogP contribution in [0.2, 0.25) is 0 Å². The smallest absolute Gasteiger partial charge is 0.135 e. The van der Waals surface area contributed by atoms with Gasteiger partial charge in [0.25, 0.3) is 0 Å². The topological polar surface area (TPSA) is 31.0 Å². The van der Waals surface area contributed by atoms with Crippen LogP contribution in [-0.2, 0) is 0 Å². The molecule has 44 heavy (non-hydrogen) atoms. The van der Waals surface area contributed by atoms with E-state index in [-0.39, 0.29) is 0 Å². The van der Waals surface area contributed by atoms with Gasteiger partial charge in [0.15, 0.2) is 0 Å². The van der Waals surface area contributed by atoms with Crippen LogP contribution in [0.3, 0.4) is 0 Å². The SMILES string of the molecule is c1ccc(-c2cc(-c3ccc(-n4c5ccccc5c5ccncc54)cc3)cc(-c3ccc4oc5ccccc5c4c3)c2)cc1. The Kier molecular flexibility index (Phi) is 5.50. The van der Waals surface area contributed by atoms with Crippen LogP contribution in [0.4, 0.5) is 0 Å². The Morgan fingerprint density at radius 3 is 1.84 bits per heavy atom. The Morgan fingerprint density at radius 1 is 0.409 bits per heavy atom. The first kappa shape index (κ1) is 24.6. The highest BCUT2D eigenvalue weighted by Crippen LogP contribution is 2.37. The summed E-state index contributed by atoms with van der Waals surface area (Å²) in [6, 6.07) is 51.8. The highest BCUT2D eigenvalue weighted by atomic mass is 16.3.